The van der Waals surface area contributed by atoms with Gasteiger partial charge in [-0.2, -0.15) is 0 Å². The van der Waals surface area contributed by atoms with E-state index in [9.17, 15) is 8.78 Å². The Morgan fingerprint density at radius 1 is 1.29 bits per heavy atom. The maximum Gasteiger partial charge on any atom is 0.259 e. The fourth-order valence-corrected chi connectivity index (χ4v) is 2.15. The maximum absolute atomic E-state index is 12.8. The molecule has 1 unspecified atom stereocenters. The minimum Gasteiger partial charge on any atom is -0.495 e. The molecule has 1 atom stereocenters. The van der Waals surface area contributed by atoms with Gasteiger partial charge < -0.3 is 9.47 Å². The molecule has 0 spiro atoms. The summed E-state index contributed by atoms with van der Waals surface area (Å²) < 4.78 is 36.2. The number of rotatable bonds is 5. The third kappa shape index (κ3) is 2.85. The highest BCUT2D eigenvalue weighted by molar-refractivity contribution is 9.10. The molecule has 4 nitrogen and oxygen atoms in total. The lowest BCUT2D eigenvalue weighted by Crippen LogP contribution is -2.33. The van der Waals surface area contributed by atoms with Crippen LogP contribution in [-0.4, -0.2) is 20.6 Å². The molecule has 0 fully saturated rings. The number of alkyl halides is 2. The summed E-state index contributed by atoms with van der Waals surface area (Å²) in [5, 5.41) is 0. The number of nitrogens with two attached hydrogens (primary N) is 1. The van der Waals surface area contributed by atoms with Gasteiger partial charge in [-0.25, -0.2) is 14.2 Å². The first-order valence-corrected chi connectivity index (χ1v) is 5.50. The quantitative estimate of drug-likeness (QED) is 0.647. The van der Waals surface area contributed by atoms with E-state index in [-0.39, 0.29) is 11.3 Å². The van der Waals surface area contributed by atoms with Crippen molar-refractivity contribution in [2.24, 2.45) is 5.84 Å². The first-order valence-electron chi connectivity index (χ1n) is 4.71. The number of ether oxygens (including phenoxy) is 2. The molecule has 1 aromatic carbocycles. The van der Waals surface area contributed by atoms with Crippen molar-refractivity contribution in [3.05, 3.63) is 22.2 Å². The van der Waals surface area contributed by atoms with Crippen molar-refractivity contribution in [2.75, 3.05) is 14.2 Å². The van der Waals surface area contributed by atoms with Crippen LogP contribution in [0.3, 0.4) is 0 Å². The van der Waals surface area contributed by atoms with E-state index in [0.717, 1.165) is 0 Å². The Labute approximate surface area is 106 Å². The molecule has 0 bridgehead atoms. The Bertz CT molecular complexity index is 391. The normalized spacial score (nSPS) is 12.6. The lowest BCUT2D eigenvalue weighted by Gasteiger charge is -2.20. The summed E-state index contributed by atoms with van der Waals surface area (Å²) in [5.74, 6) is 5.88. The van der Waals surface area contributed by atoms with Gasteiger partial charge in [0.05, 0.1) is 14.2 Å². The fraction of sp³-hybridized carbons (Fsp3) is 0.400. The van der Waals surface area contributed by atoms with Crippen molar-refractivity contribution >= 4 is 15.9 Å². The topological polar surface area (TPSA) is 56.5 Å². The van der Waals surface area contributed by atoms with Crippen LogP contribution in [0.2, 0.25) is 0 Å². The maximum atomic E-state index is 12.8. The van der Waals surface area contributed by atoms with Crippen LogP contribution in [0, 0.1) is 0 Å². The Morgan fingerprint density at radius 3 is 2.35 bits per heavy atom. The molecule has 7 heteroatoms. The van der Waals surface area contributed by atoms with Crippen LogP contribution in [0.5, 0.6) is 11.5 Å². The van der Waals surface area contributed by atoms with Gasteiger partial charge in [-0.15, -0.1) is 0 Å². The third-order valence-electron chi connectivity index (χ3n) is 2.28. The lowest BCUT2D eigenvalue weighted by atomic mass is 10.1. The average molecular weight is 311 g/mol. The van der Waals surface area contributed by atoms with Crippen molar-refractivity contribution in [2.45, 2.75) is 12.5 Å². The van der Waals surface area contributed by atoms with Crippen LogP contribution in [0.25, 0.3) is 0 Å². The van der Waals surface area contributed by atoms with E-state index < -0.39 is 12.5 Å². The van der Waals surface area contributed by atoms with Crippen molar-refractivity contribution < 1.29 is 18.3 Å². The largest absolute Gasteiger partial charge is 0.495 e. The molecule has 0 aliphatic heterocycles. The summed E-state index contributed by atoms with van der Waals surface area (Å²) in [7, 11) is 2.87. The van der Waals surface area contributed by atoms with E-state index in [0.29, 0.717) is 10.2 Å². The van der Waals surface area contributed by atoms with Crippen LogP contribution < -0.4 is 20.7 Å². The summed E-state index contributed by atoms with van der Waals surface area (Å²) in [6.07, 6.45) is -2.64. The molecule has 1 rings (SSSR count). The molecule has 1 aromatic rings. The van der Waals surface area contributed by atoms with Crippen molar-refractivity contribution in [3.63, 3.8) is 0 Å². The van der Waals surface area contributed by atoms with Gasteiger partial charge in [0.15, 0.2) is 0 Å². The Balaban J connectivity index is 3.29. The molecule has 0 aliphatic rings. The van der Waals surface area contributed by atoms with Gasteiger partial charge in [0.2, 0.25) is 0 Å². The number of hydrogen-bond donors (Lipinski definition) is 2. The summed E-state index contributed by atoms with van der Waals surface area (Å²) in [5.41, 5.74) is 2.33. The van der Waals surface area contributed by atoms with Crippen LogP contribution in [-0.2, 0) is 0 Å². The average Bonchev–Trinajstić information content (AvgIpc) is 2.30. The number of nitrogens with one attached hydrogen (secondary N) is 1. The molecular weight excluding hydrogens is 298 g/mol. The van der Waals surface area contributed by atoms with E-state index >= 15 is 0 Å². The molecule has 3 N–H and O–H groups in total. The molecule has 0 amide bonds. The van der Waals surface area contributed by atoms with Gasteiger partial charge >= 0.3 is 0 Å². The van der Waals surface area contributed by atoms with Crippen LogP contribution >= 0.6 is 15.9 Å². The van der Waals surface area contributed by atoms with Crippen LogP contribution in [0.15, 0.2) is 16.6 Å². The zero-order valence-corrected chi connectivity index (χ0v) is 10.9. The molecular formula is C10H13BrF2N2O2. The second-order valence-corrected chi connectivity index (χ2v) is 3.98. The second kappa shape index (κ2) is 6.13. The predicted octanol–water partition coefficient (Wildman–Crippen LogP) is 2.24. The van der Waals surface area contributed by atoms with E-state index in [1.54, 1.807) is 6.07 Å². The molecule has 0 saturated carbocycles. The SMILES string of the molecule is COc1ccc(C(NN)C(F)F)c(OC)c1Br. The van der Waals surface area contributed by atoms with Gasteiger partial charge in [-0.3, -0.25) is 5.84 Å². The molecule has 0 saturated heterocycles. The molecule has 0 aliphatic carbocycles. The fourth-order valence-electron chi connectivity index (χ4n) is 1.46. The molecule has 0 aromatic heterocycles. The zero-order valence-electron chi connectivity index (χ0n) is 9.34. The number of methoxy groups -OCH3 is 2. The number of benzene rings is 1. The second-order valence-electron chi connectivity index (χ2n) is 3.18. The predicted molar refractivity (Wildman–Crippen MR) is 63.3 cm³/mol. The lowest BCUT2D eigenvalue weighted by molar-refractivity contribution is 0.0972. The Morgan fingerprint density at radius 2 is 1.94 bits per heavy atom. The van der Waals surface area contributed by atoms with Gasteiger partial charge in [0.1, 0.15) is 22.0 Å². The minimum atomic E-state index is -2.64. The third-order valence-corrected chi connectivity index (χ3v) is 3.03. The molecule has 17 heavy (non-hydrogen) atoms. The van der Waals surface area contributed by atoms with Gasteiger partial charge in [-0.1, -0.05) is 0 Å². The highest BCUT2D eigenvalue weighted by Gasteiger charge is 2.26. The first-order chi connectivity index (χ1) is 8.06. The zero-order chi connectivity index (χ0) is 13.0. The summed E-state index contributed by atoms with van der Waals surface area (Å²) in [6, 6.07) is 1.75. The molecule has 0 radical (unpaired) electrons. The molecule has 0 heterocycles. The van der Waals surface area contributed by atoms with Gasteiger partial charge in [0, 0.05) is 5.56 Å². The van der Waals surface area contributed by atoms with Crippen molar-refractivity contribution in [1.82, 2.24) is 5.43 Å². The van der Waals surface area contributed by atoms with E-state index in [1.807, 2.05) is 0 Å². The number of hydrazine groups is 1. The Kier molecular flexibility index (Phi) is 5.10. The highest BCUT2D eigenvalue weighted by Crippen LogP contribution is 2.40. The Hall–Kier alpha value is -0.920. The van der Waals surface area contributed by atoms with Gasteiger partial charge in [-0.05, 0) is 28.1 Å². The van der Waals surface area contributed by atoms with E-state index in [4.69, 9.17) is 15.3 Å². The highest BCUT2D eigenvalue weighted by atomic mass is 79.9. The summed E-state index contributed by atoms with van der Waals surface area (Å²) in [6.45, 7) is 0. The number of hydrogen-bond acceptors (Lipinski definition) is 4. The van der Waals surface area contributed by atoms with E-state index in [1.165, 1.54) is 20.3 Å². The smallest absolute Gasteiger partial charge is 0.259 e. The summed E-state index contributed by atoms with van der Waals surface area (Å²) >= 11 is 3.24. The van der Waals surface area contributed by atoms with Crippen molar-refractivity contribution in [3.8, 4) is 11.5 Å². The standard InChI is InChI=1S/C10H13BrF2N2O2/c1-16-6-4-3-5(8(15-14)10(12)13)9(17-2)7(6)11/h3-4,8,10,15H,14H2,1-2H3. The number of halogens is 3. The van der Waals surface area contributed by atoms with Crippen molar-refractivity contribution in [1.29, 1.82) is 0 Å². The van der Waals surface area contributed by atoms with Gasteiger partial charge in [0.25, 0.3) is 6.43 Å². The minimum absolute atomic E-state index is 0.262. The van der Waals surface area contributed by atoms with Crippen LogP contribution in [0.1, 0.15) is 11.6 Å². The van der Waals surface area contributed by atoms with E-state index in [2.05, 4.69) is 21.4 Å². The summed E-state index contributed by atoms with van der Waals surface area (Å²) in [4.78, 5) is 0. The first kappa shape index (κ1) is 14.1. The molecule has 96 valence electrons. The van der Waals surface area contributed by atoms with Crippen LogP contribution in [0.4, 0.5) is 8.78 Å². The monoisotopic (exact) mass is 310 g/mol.